The normalized spacial score (nSPS) is 13.1. The van der Waals surface area contributed by atoms with Crippen LogP contribution >= 0.6 is 9.47 Å². The van der Waals surface area contributed by atoms with Crippen LogP contribution in [0.4, 0.5) is 0 Å². The number of methoxy groups -OCH3 is 4. The predicted octanol–water partition coefficient (Wildman–Crippen LogP) is 5.41. The second kappa shape index (κ2) is 11.7. The molecule has 2 unspecified atom stereocenters. The largest absolute Gasteiger partial charge is 0.497 e. The lowest BCUT2D eigenvalue weighted by molar-refractivity contribution is 0.0572. The maximum absolute atomic E-state index is 13.7. The summed E-state index contributed by atoms with van der Waals surface area (Å²) in [6, 6.07) is 10.2. The van der Waals surface area contributed by atoms with Crippen LogP contribution in [0.3, 0.4) is 0 Å². The van der Waals surface area contributed by atoms with E-state index in [4.69, 9.17) is 23.5 Å². The summed E-state index contributed by atoms with van der Waals surface area (Å²) < 4.78 is 26.7. The van der Waals surface area contributed by atoms with E-state index < -0.39 is 10.8 Å². The van der Waals surface area contributed by atoms with Crippen LogP contribution in [0.5, 0.6) is 23.0 Å². The topological polar surface area (TPSA) is 80.3 Å². The second-order valence-corrected chi connectivity index (χ2v) is 9.61. The number of Topliss-reactive ketones (excluding diaryl/α,β-unsaturated/α-hetero) is 2. The molecule has 0 fully saturated rings. The van der Waals surface area contributed by atoms with E-state index in [0.717, 1.165) is 0 Å². The van der Waals surface area contributed by atoms with Crippen molar-refractivity contribution in [2.75, 3.05) is 35.0 Å². The number of carbonyl (C=O) groups is 2. The van der Waals surface area contributed by atoms with Gasteiger partial charge in [-0.25, -0.2) is 0 Å². The molecule has 0 radical (unpaired) electrons. The lowest BCUT2D eigenvalue weighted by atomic mass is 9.68. The van der Waals surface area contributed by atoms with Gasteiger partial charge in [-0.3, -0.25) is 9.59 Å². The van der Waals surface area contributed by atoms with Gasteiger partial charge in [-0.1, -0.05) is 20.8 Å². The Bertz CT molecular complexity index is 1020. The summed E-state index contributed by atoms with van der Waals surface area (Å²) in [5.74, 6) is 1.88. The van der Waals surface area contributed by atoms with Crippen molar-refractivity contribution in [2.24, 2.45) is 10.8 Å². The summed E-state index contributed by atoms with van der Waals surface area (Å²) >= 11 is 0. The van der Waals surface area contributed by atoms with Crippen LogP contribution in [0.15, 0.2) is 36.4 Å². The van der Waals surface area contributed by atoms with E-state index in [-0.39, 0.29) is 24.6 Å². The molecule has 2 aromatic rings. The summed E-state index contributed by atoms with van der Waals surface area (Å²) in [6.45, 7) is 5.96. The van der Waals surface area contributed by atoms with Crippen LogP contribution in [0, 0.1) is 10.8 Å². The molecule has 0 aliphatic heterocycles. The first-order valence-corrected chi connectivity index (χ1v) is 11.3. The number of hydrogen-bond donors (Lipinski definition) is 0. The number of carbonyl (C=O) groups excluding carboxylic acids is 2. The van der Waals surface area contributed by atoms with E-state index in [0.29, 0.717) is 40.5 Å². The lowest BCUT2D eigenvalue weighted by Crippen LogP contribution is -2.38. The van der Waals surface area contributed by atoms with E-state index in [9.17, 15) is 9.59 Å². The molecule has 34 heavy (non-hydrogen) atoms. The molecule has 0 bridgehead atoms. The molecule has 0 amide bonds. The van der Waals surface area contributed by atoms with Crippen molar-refractivity contribution in [3.8, 4) is 23.0 Å². The Hall–Kier alpha value is -2.63. The maximum Gasteiger partial charge on any atom is 0.174 e. The molecule has 0 aromatic heterocycles. The summed E-state index contributed by atoms with van der Waals surface area (Å²) in [4.78, 5) is 26.9. The number of rotatable bonds is 13. The zero-order valence-corrected chi connectivity index (χ0v) is 22.2. The Balaban J connectivity index is 2.33. The number of ether oxygens (including phenoxy) is 4. The molecule has 2 atom stereocenters. The van der Waals surface area contributed by atoms with E-state index >= 15 is 0 Å². The molecule has 0 saturated carbocycles. The first kappa shape index (κ1) is 27.6. The predicted molar refractivity (Wildman–Crippen MR) is 135 cm³/mol. The summed E-state index contributed by atoms with van der Waals surface area (Å²) in [5, 5.41) is 0. The molecule has 7 nitrogen and oxygen atoms in total. The average molecular weight is 491 g/mol. The molecular formula is C26H35O7P. The minimum Gasteiger partial charge on any atom is -0.497 e. The highest BCUT2D eigenvalue weighted by Gasteiger charge is 2.41. The molecule has 0 aliphatic rings. The highest BCUT2D eigenvalue weighted by atomic mass is 31.0. The van der Waals surface area contributed by atoms with Gasteiger partial charge in [0.15, 0.2) is 11.6 Å². The Morgan fingerprint density at radius 2 is 1.29 bits per heavy atom. The molecule has 2 aromatic carbocycles. The van der Waals surface area contributed by atoms with Crippen molar-refractivity contribution in [2.45, 2.75) is 33.6 Å². The van der Waals surface area contributed by atoms with Gasteiger partial charge in [0.05, 0.1) is 51.6 Å². The molecular weight excluding hydrogens is 455 g/mol. The van der Waals surface area contributed by atoms with Gasteiger partial charge >= 0.3 is 0 Å². The van der Waals surface area contributed by atoms with E-state index in [1.807, 2.05) is 20.8 Å². The fourth-order valence-electron chi connectivity index (χ4n) is 4.37. The van der Waals surface area contributed by atoms with Gasteiger partial charge in [0.1, 0.15) is 23.0 Å². The molecule has 0 heterocycles. The van der Waals surface area contributed by atoms with Gasteiger partial charge in [-0.2, -0.15) is 0 Å². The molecule has 0 saturated heterocycles. The maximum atomic E-state index is 13.7. The number of ketones is 2. The van der Waals surface area contributed by atoms with Crippen molar-refractivity contribution in [1.82, 2.24) is 0 Å². The molecule has 2 rings (SSSR count). The Morgan fingerprint density at radius 3 is 1.76 bits per heavy atom. The fraction of sp³-hybridized carbons (Fsp3) is 0.462. The third-order valence-corrected chi connectivity index (χ3v) is 5.99. The minimum atomic E-state index is -0.905. The van der Waals surface area contributed by atoms with Gasteiger partial charge in [-0.15, -0.1) is 0 Å². The molecule has 0 N–H and O–H groups in total. The second-order valence-electron chi connectivity index (χ2n) is 9.27. The van der Waals surface area contributed by atoms with E-state index in [1.165, 1.54) is 14.2 Å². The summed E-state index contributed by atoms with van der Waals surface area (Å²) in [6.07, 6.45) is 0.627. The molecule has 186 valence electrons. The average Bonchev–Trinajstić information content (AvgIpc) is 2.81. The Morgan fingerprint density at radius 1 is 0.794 bits per heavy atom. The standard InChI is InChI=1S/C26H35O7P/c1-25(2,14-21(27)19-10-8-17(29-4)12-22(19)31-6)15-26(3,16-33-34)24(28)20-11-9-18(30-5)13-23(20)32-7/h8-13H,14-16,34H2,1-7H3. The van der Waals surface area contributed by atoms with Crippen LogP contribution in [-0.4, -0.2) is 46.6 Å². The van der Waals surface area contributed by atoms with Gasteiger partial charge < -0.3 is 23.5 Å². The Kier molecular flexibility index (Phi) is 9.48. The fourth-order valence-corrected chi connectivity index (χ4v) is 4.74. The van der Waals surface area contributed by atoms with Crippen molar-refractivity contribution < 1.29 is 33.1 Å². The summed E-state index contributed by atoms with van der Waals surface area (Å²) in [5.41, 5.74) is -0.512. The molecule has 0 spiro atoms. The monoisotopic (exact) mass is 490 g/mol. The third kappa shape index (κ3) is 6.49. The smallest absolute Gasteiger partial charge is 0.174 e. The highest BCUT2D eigenvalue weighted by Crippen LogP contribution is 2.42. The molecule has 8 heteroatoms. The van der Waals surface area contributed by atoms with Crippen LogP contribution < -0.4 is 18.9 Å². The van der Waals surface area contributed by atoms with Crippen LogP contribution in [0.1, 0.15) is 54.3 Å². The van der Waals surface area contributed by atoms with Crippen molar-refractivity contribution >= 4 is 21.0 Å². The van der Waals surface area contributed by atoms with E-state index in [1.54, 1.807) is 50.6 Å². The van der Waals surface area contributed by atoms with Crippen molar-refractivity contribution in [1.29, 1.82) is 0 Å². The first-order valence-electron chi connectivity index (χ1n) is 10.9. The molecule has 0 aliphatic carbocycles. The summed E-state index contributed by atoms with van der Waals surface area (Å²) in [7, 11) is 8.36. The quantitative estimate of drug-likeness (QED) is 0.274. The zero-order valence-electron chi connectivity index (χ0n) is 21.0. The third-order valence-electron chi connectivity index (χ3n) is 5.82. The van der Waals surface area contributed by atoms with Crippen LogP contribution in [0.2, 0.25) is 0 Å². The van der Waals surface area contributed by atoms with Crippen molar-refractivity contribution in [3.63, 3.8) is 0 Å². The van der Waals surface area contributed by atoms with Gasteiger partial charge in [-0.05, 0) is 36.1 Å². The highest BCUT2D eigenvalue weighted by molar-refractivity contribution is 7.09. The van der Waals surface area contributed by atoms with Gasteiger partial charge in [0.25, 0.3) is 0 Å². The van der Waals surface area contributed by atoms with Crippen molar-refractivity contribution in [3.05, 3.63) is 47.5 Å². The number of benzene rings is 2. The zero-order chi connectivity index (χ0) is 25.5. The lowest BCUT2D eigenvalue weighted by Gasteiger charge is -2.36. The van der Waals surface area contributed by atoms with Crippen LogP contribution in [0.25, 0.3) is 0 Å². The number of hydrogen-bond acceptors (Lipinski definition) is 7. The SMILES string of the molecule is COc1ccc(C(=O)CC(C)(C)CC(C)(COP)C(=O)c2ccc(OC)cc2OC)c(OC)c1. The van der Waals surface area contributed by atoms with Crippen LogP contribution in [-0.2, 0) is 4.52 Å². The minimum absolute atomic E-state index is 0.0758. The van der Waals surface area contributed by atoms with E-state index in [2.05, 4.69) is 9.47 Å². The van der Waals surface area contributed by atoms with Gasteiger partial charge in [0.2, 0.25) is 0 Å². The van der Waals surface area contributed by atoms with Gasteiger partial charge in [0, 0.05) is 28.0 Å². The first-order chi connectivity index (χ1) is 16.0. The Labute approximate surface area is 204 Å².